The molecule has 3 aromatic carbocycles. The van der Waals surface area contributed by atoms with Gasteiger partial charge < -0.3 is 19.5 Å². The van der Waals surface area contributed by atoms with Gasteiger partial charge in [-0.3, -0.25) is 0 Å². The van der Waals surface area contributed by atoms with Crippen molar-refractivity contribution in [3.05, 3.63) is 108 Å². The molecule has 1 fully saturated rings. The first-order valence-corrected chi connectivity index (χ1v) is 11.0. The molecular weight excluding hydrogens is 386 g/mol. The highest BCUT2D eigenvalue weighted by atomic mass is 16.7. The Labute approximate surface area is 185 Å². The molecule has 1 unspecified atom stereocenters. The van der Waals surface area contributed by atoms with Crippen LogP contribution in [0.5, 0.6) is 0 Å². The summed E-state index contributed by atoms with van der Waals surface area (Å²) in [5.74, 6) is -0.627. The Balaban J connectivity index is 1.38. The maximum absolute atomic E-state index is 6.46. The van der Waals surface area contributed by atoms with Crippen LogP contribution in [-0.2, 0) is 34.0 Å². The van der Waals surface area contributed by atoms with Gasteiger partial charge in [0.15, 0.2) is 5.79 Å². The smallest absolute Gasteiger partial charge is 0.171 e. The van der Waals surface area contributed by atoms with Gasteiger partial charge in [-0.25, -0.2) is 0 Å². The summed E-state index contributed by atoms with van der Waals surface area (Å²) in [6, 6.07) is 31.0. The Bertz CT molecular complexity index is 843. The Morgan fingerprint density at radius 2 is 1.16 bits per heavy atom. The van der Waals surface area contributed by atoms with Crippen LogP contribution in [0.3, 0.4) is 0 Å². The van der Waals surface area contributed by atoms with E-state index < -0.39 is 5.79 Å². The highest BCUT2D eigenvalue weighted by Gasteiger charge is 2.38. The predicted octanol–water partition coefficient (Wildman–Crippen LogP) is 5.09. The van der Waals surface area contributed by atoms with Crippen molar-refractivity contribution < 1.29 is 14.2 Å². The molecular formula is C27H31NO3. The van der Waals surface area contributed by atoms with Gasteiger partial charge in [-0.15, -0.1) is 0 Å². The van der Waals surface area contributed by atoms with Crippen molar-refractivity contribution in [1.29, 1.82) is 0 Å². The number of ether oxygens (including phenoxy) is 3. The zero-order valence-electron chi connectivity index (χ0n) is 17.9. The van der Waals surface area contributed by atoms with E-state index >= 15 is 0 Å². The van der Waals surface area contributed by atoms with Gasteiger partial charge in [-0.2, -0.15) is 0 Å². The lowest BCUT2D eigenvalue weighted by molar-refractivity contribution is -0.268. The summed E-state index contributed by atoms with van der Waals surface area (Å²) < 4.78 is 18.9. The third kappa shape index (κ3) is 6.74. The molecule has 1 atom stereocenters. The number of hydrogen-bond donors (Lipinski definition) is 1. The van der Waals surface area contributed by atoms with E-state index in [0.29, 0.717) is 26.4 Å². The van der Waals surface area contributed by atoms with Crippen LogP contribution in [0.4, 0.5) is 0 Å². The third-order valence-electron chi connectivity index (χ3n) is 5.62. The lowest BCUT2D eigenvalue weighted by atomic mass is 9.98. The summed E-state index contributed by atoms with van der Waals surface area (Å²) in [6.07, 6.45) is 1.56. The molecule has 4 nitrogen and oxygen atoms in total. The number of nitrogens with one attached hydrogen (secondary N) is 1. The van der Waals surface area contributed by atoms with Gasteiger partial charge in [0, 0.05) is 25.4 Å². The predicted molar refractivity (Wildman–Crippen MR) is 122 cm³/mol. The van der Waals surface area contributed by atoms with E-state index in [9.17, 15) is 0 Å². The monoisotopic (exact) mass is 417 g/mol. The first-order valence-electron chi connectivity index (χ1n) is 11.0. The van der Waals surface area contributed by atoms with Gasteiger partial charge >= 0.3 is 0 Å². The van der Waals surface area contributed by atoms with Crippen LogP contribution in [0.2, 0.25) is 0 Å². The van der Waals surface area contributed by atoms with Crippen LogP contribution in [0.15, 0.2) is 91.0 Å². The molecule has 1 saturated heterocycles. The van der Waals surface area contributed by atoms with Crippen LogP contribution in [0, 0.1) is 0 Å². The summed E-state index contributed by atoms with van der Waals surface area (Å²) in [6.45, 7) is 3.14. The van der Waals surface area contributed by atoms with Crippen molar-refractivity contribution >= 4 is 0 Å². The molecule has 0 radical (unpaired) electrons. The number of benzene rings is 3. The summed E-state index contributed by atoms with van der Waals surface area (Å²) in [5, 5.41) is 3.57. The lowest BCUT2D eigenvalue weighted by Crippen LogP contribution is -2.52. The van der Waals surface area contributed by atoms with Crippen LogP contribution in [-0.4, -0.2) is 25.0 Å². The summed E-state index contributed by atoms with van der Waals surface area (Å²) >= 11 is 0. The Hall–Kier alpha value is -2.50. The largest absolute Gasteiger partial charge is 0.375 e. The molecule has 162 valence electrons. The first-order chi connectivity index (χ1) is 15.3. The Morgan fingerprint density at radius 3 is 1.68 bits per heavy atom. The second-order valence-corrected chi connectivity index (χ2v) is 8.07. The SMILES string of the molecule is c1ccc(COCC2CC(OCc3ccccc3)(OCc3ccccc3)CCN2)cc1. The van der Waals surface area contributed by atoms with E-state index in [2.05, 4.69) is 41.7 Å². The third-order valence-corrected chi connectivity index (χ3v) is 5.62. The van der Waals surface area contributed by atoms with Crippen LogP contribution in [0.25, 0.3) is 0 Å². The zero-order valence-corrected chi connectivity index (χ0v) is 17.9. The molecule has 1 heterocycles. The van der Waals surface area contributed by atoms with Gasteiger partial charge in [-0.05, 0) is 16.7 Å². The second kappa shape index (κ2) is 11.2. The van der Waals surface area contributed by atoms with Crippen molar-refractivity contribution in [2.24, 2.45) is 0 Å². The minimum Gasteiger partial charge on any atom is -0.375 e. The molecule has 0 aliphatic carbocycles. The van der Waals surface area contributed by atoms with Crippen molar-refractivity contribution in [1.82, 2.24) is 5.32 Å². The van der Waals surface area contributed by atoms with E-state index in [1.807, 2.05) is 54.6 Å². The van der Waals surface area contributed by atoms with Gasteiger partial charge in [0.25, 0.3) is 0 Å². The van der Waals surface area contributed by atoms with Crippen molar-refractivity contribution in [3.8, 4) is 0 Å². The van der Waals surface area contributed by atoms with Gasteiger partial charge in [0.2, 0.25) is 0 Å². The Morgan fingerprint density at radius 1 is 0.677 bits per heavy atom. The zero-order chi connectivity index (χ0) is 21.2. The quantitative estimate of drug-likeness (QED) is 0.467. The summed E-state index contributed by atoms with van der Waals surface area (Å²) in [5.41, 5.74) is 3.49. The van der Waals surface area contributed by atoms with Crippen LogP contribution in [0.1, 0.15) is 29.5 Å². The average molecular weight is 418 g/mol. The fourth-order valence-corrected chi connectivity index (χ4v) is 3.91. The van der Waals surface area contributed by atoms with Crippen molar-refractivity contribution in [2.75, 3.05) is 13.2 Å². The molecule has 1 N–H and O–H groups in total. The summed E-state index contributed by atoms with van der Waals surface area (Å²) in [7, 11) is 0. The average Bonchev–Trinajstić information content (AvgIpc) is 2.84. The highest BCUT2D eigenvalue weighted by Crippen LogP contribution is 2.30. The van der Waals surface area contributed by atoms with E-state index in [1.54, 1.807) is 0 Å². The molecule has 0 aromatic heterocycles. The standard InChI is InChI=1S/C27H31NO3/c1-4-10-23(11-5-1)19-29-22-26-18-27(16-17-28-26,30-20-24-12-6-2-7-13-24)31-21-25-14-8-3-9-15-25/h1-15,26,28H,16-22H2. The van der Waals surface area contributed by atoms with Gasteiger partial charge in [0.05, 0.1) is 26.4 Å². The van der Waals surface area contributed by atoms with Gasteiger partial charge in [-0.1, -0.05) is 91.0 Å². The molecule has 3 aromatic rings. The fourth-order valence-electron chi connectivity index (χ4n) is 3.91. The molecule has 1 aliphatic heterocycles. The lowest BCUT2D eigenvalue weighted by Gasteiger charge is -2.41. The van der Waals surface area contributed by atoms with E-state index in [1.165, 1.54) is 5.56 Å². The molecule has 4 heteroatoms. The fraction of sp³-hybridized carbons (Fsp3) is 0.333. The van der Waals surface area contributed by atoms with E-state index in [0.717, 1.165) is 30.5 Å². The molecule has 0 spiro atoms. The van der Waals surface area contributed by atoms with Gasteiger partial charge in [0.1, 0.15) is 0 Å². The second-order valence-electron chi connectivity index (χ2n) is 8.07. The number of piperidine rings is 1. The normalized spacial score (nSPS) is 18.0. The maximum atomic E-state index is 6.46. The molecule has 0 saturated carbocycles. The highest BCUT2D eigenvalue weighted by molar-refractivity contribution is 5.15. The van der Waals surface area contributed by atoms with Crippen molar-refractivity contribution in [3.63, 3.8) is 0 Å². The maximum Gasteiger partial charge on any atom is 0.171 e. The van der Waals surface area contributed by atoms with Crippen LogP contribution >= 0.6 is 0 Å². The topological polar surface area (TPSA) is 39.7 Å². The van der Waals surface area contributed by atoms with E-state index in [-0.39, 0.29) is 6.04 Å². The molecule has 0 bridgehead atoms. The number of rotatable bonds is 10. The molecule has 31 heavy (non-hydrogen) atoms. The number of hydrogen-bond acceptors (Lipinski definition) is 4. The molecule has 0 amide bonds. The molecule has 1 aliphatic rings. The minimum absolute atomic E-state index is 0.184. The minimum atomic E-state index is -0.627. The van der Waals surface area contributed by atoms with Crippen molar-refractivity contribution in [2.45, 2.75) is 44.5 Å². The summed E-state index contributed by atoms with van der Waals surface area (Å²) in [4.78, 5) is 0. The first kappa shape index (κ1) is 21.7. The molecule has 4 rings (SSSR count). The Kier molecular flexibility index (Phi) is 7.86. The van der Waals surface area contributed by atoms with Crippen LogP contribution < -0.4 is 5.32 Å². The van der Waals surface area contributed by atoms with E-state index in [4.69, 9.17) is 14.2 Å².